The van der Waals surface area contributed by atoms with E-state index in [-0.39, 0.29) is 5.54 Å². The fraction of sp³-hybridized carbons (Fsp3) is 0.643. The highest BCUT2D eigenvalue weighted by atomic mass is 16.5. The van der Waals surface area contributed by atoms with Gasteiger partial charge in [0, 0.05) is 6.20 Å². The van der Waals surface area contributed by atoms with E-state index in [0.717, 1.165) is 17.9 Å². The molecule has 94 valence electrons. The van der Waals surface area contributed by atoms with Gasteiger partial charge in [-0.15, -0.1) is 0 Å². The zero-order valence-electron chi connectivity index (χ0n) is 10.9. The van der Waals surface area contributed by atoms with Crippen molar-refractivity contribution in [3.8, 4) is 5.75 Å². The molecule has 0 radical (unpaired) electrons. The van der Waals surface area contributed by atoms with Crippen LogP contribution < -0.4 is 10.5 Å². The molecule has 1 aliphatic rings. The van der Waals surface area contributed by atoms with E-state index in [1.54, 1.807) is 13.3 Å². The van der Waals surface area contributed by atoms with Crippen molar-refractivity contribution in [2.45, 2.75) is 38.6 Å². The number of aromatic nitrogens is 1. The Balaban J connectivity index is 2.42. The highest BCUT2D eigenvalue weighted by molar-refractivity contribution is 5.34. The van der Waals surface area contributed by atoms with Crippen LogP contribution in [-0.4, -0.2) is 12.1 Å². The molecular formula is C14H22N2O. The Morgan fingerprint density at radius 1 is 1.47 bits per heavy atom. The van der Waals surface area contributed by atoms with Gasteiger partial charge in [0.05, 0.1) is 12.6 Å². The predicted octanol–water partition coefficient (Wildman–Crippen LogP) is 2.70. The van der Waals surface area contributed by atoms with Gasteiger partial charge in [-0.2, -0.15) is 0 Å². The third-order valence-electron chi connectivity index (χ3n) is 4.35. The van der Waals surface area contributed by atoms with Gasteiger partial charge in [-0.25, -0.2) is 0 Å². The smallest absolute Gasteiger partial charge is 0.142 e. The SMILES string of the molecule is COc1cccnc1C1(N)CCCC(C)C1C. The van der Waals surface area contributed by atoms with Crippen LogP contribution in [0.4, 0.5) is 0 Å². The van der Waals surface area contributed by atoms with Crippen LogP contribution in [-0.2, 0) is 5.54 Å². The van der Waals surface area contributed by atoms with Crippen molar-refractivity contribution in [2.24, 2.45) is 17.6 Å². The number of rotatable bonds is 2. The summed E-state index contributed by atoms with van der Waals surface area (Å²) in [4.78, 5) is 4.48. The first kappa shape index (κ1) is 12.4. The Hall–Kier alpha value is -1.09. The normalized spacial score (nSPS) is 33.4. The number of nitrogens with two attached hydrogens (primary N) is 1. The molecule has 1 heterocycles. The average molecular weight is 234 g/mol. The summed E-state index contributed by atoms with van der Waals surface area (Å²) in [6.07, 6.45) is 5.22. The van der Waals surface area contributed by atoms with Crippen LogP contribution in [0.25, 0.3) is 0 Å². The zero-order chi connectivity index (χ0) is 12.5. The first-order valence-electron chi connectivity index (χ1n) is 6.38. The summed E-state index contributed by atoms with van der Waals surface area (Å²) in [5.74, 6) is 1.89. The van der Waals surface area contributed by atoms with Gasteiger partial charge in [-0.3, -0.25) is 4.98 Å². The first-order chi connectivity index (χ1) is 8.09. The maximum atomic E-state index is 6.65. The van der Waals surface area contributed by atoms with Crippen molar-refractivity contribution in [3.63, 3.8) is 0 Å². The fourth-order valence-corrected chi connectivity index (χ4v) is 2.94. The minimum atomic E-state index is -0.343. The summed E-state index contributed by atoms with van der Waals surface area (Å²) >= 11 is 0. The molecule has 0 aromatic carbocycles. The van der Waals surface area contributed by atoms with Gasteiger partial charge in [0.1, 0.15) is 11.4 Å². The van der Waals surface area contributed by atoms with Crippen LogP contribution in [0, 0.1) is 11.8 Å². The molecule has 3 heteroatoms. The van der Waals surface area contributed by atoms with E-state index < -0.39 is 0 Å². The maximum Gasteiger partial charge on any atom is 0.142 e. The van der Waals surface area contributed by atoms with E-state index >= 15 is 0 Å². The molecule has 3 unspecified atom stereocenters. The molecule has 1 saturated carbocycles. The number of methoxy groups -OCH3 is 1. The van der Waals surface area contributed by atoms with E-state index in [1.165, 1.54) is 12.8 Å². The van der Waals surface area contributed by atoms with E-state index in [1.807, 2.05) is 12.1 Å². The monoisotopic (exact) mass is 234 g/mol. The van der Waals surface area contributed by atoms with E-state index in [0.29, 0.717) is 11.8 Å². The van der Waals surface area contributed by atoms with Gasteiger partial charge < -0.3 is 10.5 Å². The Morgan fingerprint density at radius 2 is 2.24 bits per heavy atom. The lowest BCUT2D eigenvalue weighted by Gasteiger charge is -2.43. The number of pyridine rings is 1. The third kappa shape index (κ3) is 2.04. The molecule has 3 atom stereocenters. The Morgan fingerprint density at radius 3 is 2.94 bits per heavy atom. The molecule has 0 amide bonds. The average Bonchev–Trinajstić information content (AvgIpc) is 2.36. The molecule has 1 fully saturated rings. The number of hydrogen-bond donors (Lipinski definition) is 1. The predicted molar refractivity (Wildman–Crippen MR) is 68.8 cm³/mol. The van der Waals surface area contributed by atoms with Gasteiger partial charge in [-0.05, 0) is 30.4 Å². The fourth-order valence-electron chi connectivity index (χ4n) is 2.94. The molecule has 0 aliphatic heterocycles. The van der Waals surface area contributed by atoms with E-state index in [9.17, 15) is 0 Å². The highest BCUT2D eigenvalue weighted by Crippen LogP contribution is 2.44. The molecule has 1 aromatic heterocycles. The van der Waals surface area contributed by atoms with Gasteiger partial charge >= 0.3 is 0 Å². The van der Waals surface area contributed by atoms with Crippen molar-refractivity contribution in [3.05, 3.63) is 24.0 Å². The van der Waals surface area contributed by atoms with Crippen molar-refractivity contribution < 1.29 is 4.74 Å². The van der Waals surface area contributed by atoms with Crippen molar-refractivity contribution in [1.82, 2.24) is 4.98 Å². The minimum absolute atomic E-state index is 0.343. The van der Waals surface area contributed by atoms with Crippen LogP contribution >= 0.6 is 0 Å². The first-order valence-corrected chi connectivity index (χ1v) is 6.38. The van der Waals surface area contributed by atoms with Gasteiger partial charge in [0.2, 0.25) is 0 Å². The summed E-state index contributed by atoms with van der Waals surface area (Å²) in [5.41, 5.74) is 7.22. The molecule has 3 nitrogen and oxygen atoms in total. The molecule has 1 aliphatic carbocycles. The molecule has 2 N–H and O–H groups in total. The lowest BCUT2D eigenvalue weighted by molar-refractivity contribution is 0.136. The quantitative estimate of drug-likeness (QED) is 0.856. The van der Waals surface area contributed by atoms with Crippen LogP contribution in [0.15, 0.2) is 18.3 Å². The Bertz CT molecular complexity index is 394. The second-order valence-corrected chi connectivity index (χ2v) is 5.25. The standard InChI is InChI=1S/C14H22N2O/c1-10-6-4-8-14(15,11(10)2)13-12(17-3)7-5-9-16-13/h5,7,9-11H,4,6,8,15H2,1-3H3. The summed E-state index contributed by atoms with van der Waals surface area (Å²) in [6, 6.07) is 3.84. The van der Waals surface area contributed by atoms with Crippen LogP contribution in [0.1, 0.15) is 38.8 Å². The lowest BCUT2D eigenvalue weighted by Crippen LogP contribution is -2.48. The summed E-state index contributed by atoms with van der Waals surface area (Å²) in [6.45, 7) is 4.51. The maximum absolute atomic E-state index is 6.65. The number of ether oxygens (including phenoxy) is 1. The molecular weight excluding hydrogens is 212 g/mol. The van der Waals surface area contributed by atoms with Gasteiger partial charge in [0.25, 0.3) is 0 Å². The summed E-state index contributed by atoms with van der Waals surface area (Å²) in [7, 11) is 1.68. The van der Waals surface area contributed by atoms with Crippen LogP contribution in [0.5, 0.6) is 5.75 Å². The van der Waals surface area contributed by atoms with Gasteiger partial charge in [-0.1, -0.05) is 26.7 Å². The second kappa shape index (κ2) is 4.65. The molecule has 17 heavy (non-hydrogen) atoms. The van der Waals surface area contributed by atoms with Crippen molar-refractivity contribution in [2.75, 3.05) is 7.11 Å². The molecule has 0 spiro atoms. The number of hydrogen-bond acceptors (Lipinski definition) is 3. The largest absolute Gasteiger partial charge is 0.495 e. The Labute approximate surface area is 103 Å². The molecule has 0 bridgehead atoms. The number of nitrogens with zero attached hydrogens (tertiary/aromatic N) is 1. The molecule has 1 aromatic rings. The van der Waals surface area contributed by atoms with Crippen LogP contribution in [0.2, 0.25) is 0 Å². The lowest BCUT2D eigenvalue weighted by atomic mass is 9.67. The van der Waals surface area contributed by atoms with Crippen LogP contribution in [0.3, 0.4) is 0 Å². The molecule has 0 saturated heterocycles. The zero-order valence-corrected chi connectivity index (χ0v) is 10.9. The van der Waals surface area contributed by atoms with E-state index in [2.05, 4.69) is 18.8 Å². The van der Waals surface area contributed by atoms with Gasteiger partial charge in [0.15, 0.2) is 0 Å². The minimum Gasteiger partial charge on any atom is -0.495 e. The highest BCUT2D eigenvalue weighted by Gasteiger charge is 2.42. The Kier molecular flexibility index (Phi) is 3.38. The summed E-state index contributed by atoms with van der Waals surface area (Å²) < 4.78 is 5.40. The topological polar surface area (TPSA) is 48.1 Å². The second-order valence-electron chi connectivity index (χ2n) is 5.25. The van der Waals surface area contributed by atoms with Crippen molar-refractivity contribution in [1.29, 1.82) is 0 Å². The van der Waals surface area contributed by atoms with E-state index in [4.69, 9.17) is 10.5 Å². The molecule has 2 rings (SSSR count). The third-order valence-corrected chi connectivity index (χ3v) is 4.35. The summed E-state index contributed by atoms with van der Waals surface area (Å²) in [5, 5.41) is 0. The van der Waals surface area contributed by atoms with Crippen molar-refractivity contribution >= 4 is 0 Å².